The molecule has 0 saturated carbocycles. The molecule has 0 spiro atoms. The first kappa shape index (κ1) is 15.5. The molecule has 102 valence electrons. The standard InChI is InChI=1S/C14H17BrN2O2/c1-4-5-17-13(18)9-19-14-10(2)6-12(15)7-11(14)8-16-3/h1,6-7,16H,5,8-9H2,2-3H3,(H,17,18). The number of hydrogen-bond acceptors (Lipinski definition) is 3. The number of terminal acetylenes is 1. The molecule has 0 unspecified atom stereocenters. The molecule has 1 aromatic rings. The number of hydrogen-bond donors (Lipinski definition) is 2. The second-order valence-corrected chi connectivity index (χ2v) is 4.93. The van der Waals surface area contributed by atoms with Crippen LogP contribution >= 0.6 is 15.9 Å². The Morgan fingerprint density at radius 1 is 1.53 bits per heavy atom. The topological polar surface area (TPSA) is 50.4 Å². The van der Waals surface area contributed by atoms with E-state index in [2.05, 4.69) is 32.5 Å². The number of amides is 1. The Labute approximate surface area is 122 Å². The van der Waals surface area contributed by atoms with Crippen LogP contribution in [0.4, 0.5) is 0 Å². The average molecular weight is 325 g/mol. The van der Waals surface area contributed by atoms with Crippen LogP contribution in [0.3, 0.4) is 0 Å². The fourth-order valence-corrected chi connectivity index (χ4v) is 2.29. The van der Waals surface area contributed by atoms with Gasteiger partial charge in [-0.2, -0.15) is 0 Å². The molecule has 1 aromatic carbocycles. The lowest BCUT2D eigenvalue weighted by molar-refractivity contribution is -0.122. The number of benzene rings is 1. The van der Waals surface area contributed by atoms with Crippen LogP contribution in [0.1, 0.15) is 11.1 Å². The van der Waals surface area contributed by atoms with E-state index in [9.17, 15) is 4.79 Å². The van der Waals surface area contributed by atoms with Gasteiger partial charge in [-0.1, -0.05) is 21.9 Å². The summed E-state index contributed by atoms with van der Waals surface area (Å²) >= 11 is 3.45. The summed E-state index contributed by atoms with van der Waals surface area (Å²) in [6.07, 6.45) is 5.07. The van der Waals surface area contributed by atoms with Crippen LogP contribution in [-0.4, -0.2) is 26.1 Å². The maximum atomic E-state index is 11.5. The van der Waals surface area contributed by atoms with Crippen molar-refractivity contribution in [3.8, 4) is 18.1 Å². The third-order valence-corrected chi connectivity index (χ3v) is 2.88. The number of carbonyl (C=O) groups excluding carboxylic acids is 1. The van der Waals surface area contributed by atoms with Gasteiger partial charge in [-0.05, 0) is 31.7 Å². The molecule has 0 aliphatic carbocycles. The van der Waals surface area contributed by atoms with Gasteiger partial charge in [-0.25, -0.2) is 0 Å². The maximum Gasteiger partial charge on any atom is 0.258 e. The minimum atomic E-state index is -0.226. The van der Waals surface area contributed by atoms with Crippen LogP contribution in [0.2, 0.25) is 0 Å². The highest BCUT2D eigenvalue weighted by molar-refractivity contribution is 9.10. The zero-order valence-electron chi connectivity index (χ0n) is 11.0. The van der Waals surface area contributed by atoms with E-state index < -0.39 is 0 Å². The Balaban J connectivity index is 2.76. The van der Waals surface area contributed by atoms with Crippen LogP contribution < -0.4 is 15.4 Å². The number of aryl methyl sites for hydroxylation is 1. The molecular formula is C14H17BrN2O2. The van der Waals surface area contributed by atoms with Gasteiger partial charge in [0.2, 0.25) is 0 Å². The summed E-state index contributed by atoms with van der Waals surface area (Å²) in [5.74, 6) is 2.85. The smallest absolute Gasteiger partial charge is 0.258 e. The Kier molecular flexibility index (Phi) is 6.40. The van der Waals surface area contributed by atoms with E-state index in [-0.39, 0.29) is 19.1 Å². The fourth-order valence-electron chi connectivity index (χ4n) is 1.67. The molecule has 4 nitrogen and oxygen atoms in total. The number of carbonyl (C=O) groups is 1. The Hall–Kier alpha value is -1.51. The molecule has 0 radical (unpaired) electrons. The highest BCUT2D eigenvalue weighted by Crippen LogP contribution is 2.28. The Morgan fingerprint density at radius 2 is 2.26 bits per heavy atom. The predicted octanol–water partition coefficient (Wildman–Crippen LogP) is 1.61. The van der Waals surface area contributed by atoms with Gasteiger partial charge in [-0.15, -0.1) is 6.42 Å². The molecule has 0 aliphatic heterocycles. The lowest BCUT2D eigenvalue weighted by atomic mass is 10.1. The van der Waals surface area contributed by atoms with Gasteiger partial charge in [0.25, 0.3) is 5.91 Å². The van der Waals surface area contributed by atoms with Crippen molar-refractivity contribution in [1.29, 1.82) is 0 Å². The second kappa shape index (κ2) is 7.82. The first-order valence-electron chi connectivity index (χ1n) is 5.85. The van der Waals surface area contributed by atoms with Crippen LogP contribution in [0.25, 0.3) is 0 Å². The van der Waals surface area contributed by atoms with E-state index in [1.807, 2.05) is 26.1 Å². The van der Waals surface area contributed by atoms with Crippen LogP contribution in [-0.2, 0) is 11.3 Å². The van der Waals surface area contributed by atoms with Gasteiger partial charge in [-0.3, -0.25) is 4.79 Å². The molecule has 0 aromatic heterocycles. The summed E-state index contributed by atoms with van der Waals surface area (Å²) in [4.78, 5) is 11.5. The molecule has 1 amide bonds. The van der Waals surface area contributed by atoms with E-state index in [0.717, 1.165) is 21.3 Å². The molecule has 0 bridgehead atoms. The molecule has 1 rings (SSSR count). The van der Waals surface area contributed by atoms with Crippen LogP contribution in [0.15, 0.2) is 16.6 Å². The minimum Gasteiger partial charge on any atom is -0.483 e. The predicted molar refractivity (Wildman–Crippen MR) is 79.0 cm³/mol. The zero-order chi connectivity index (χ0) is 14.3. The summed E-state index contributed by atoms with van der Waals surface area (Å²) in [5, 5.41) is 5.63. The van der Waals surface area contributed by atoms with Crippen molar-refractivity contribution in [2.45, 2.75) is 13.5 Å². The van der Waals surface area contributed by atoms with Crippen molar-refractivity contribution in [3.05, 3.63) is 27.7 Å². The molecule has 0 atom stereocenters. The fraction of sp³-hybridized carbons (Fsp3) is 0.357. The van der Waals surface area contributed by atoms with Crippen LogP contribution in [0, 0.1) is 19.3 Å². The summed E-state index contributed by atoms with van der Waals surface area (Å²) < 4.78 is 6.58. The Bertz CT molecular complexity index is 495. The number of ether oxygens (including phenoxy) is 1. The number of nitrogens with one attached hydrogen (secondary N) is 2. The van der Waals surface area contributed by atoms with E-state index in [0.29, 0.717) is 6.54 Å². The lowest BCUT2D eigenvalue weighted by Gasteiger charge is -2.14. The van der Waals surface area contributed by atoms with Gasteiger partial charge in [0.1, 0.15) is 5.75 Å². The minimum absolute atomic E-state index is 0.0408. The summed E-state index contributed by atoms with van der Waals surface area (Å²) in [5.41, 5.74) is 1.98. The average Bonchev–Trinajstić information content (AvgIpc) is 2.35. The van der Waals surface area contributed by atoms with Gasteiger partial charge < -0.3 is 15.4 Å². The molecule has 0 saturated heterocycles. The van der Waals surface area contributed by atoms with Crippen molar-refractivity contribution < 1.29 is 9.53 Å². The number of halogens is 1. The van der Waals surface area contributed by atoms with Crippen molar-refractivity contribution in [3.63, 3.8) is 0 Å². The summed E-state index contributed by atoms with van der Waals surface area (Å²) in [6.45, 7) is 2.78. The molecular weight excluding hydrogens is 308 g/mol. The van der Waals surface area contributed by atoms with E-state index in [4.69, 9.17) is 11.2 Å². The molecule has 19 heavy (non-hydrogen) atoms. The molecule has 5 heteroatoms. The van der Waals surface area contributed by atoms with Crippen molar-refractivity contribution in [1.82, 2.24) is 10.6 Å². The monoisotopic (exact) mass is 324 g/mol. The second-order valence-electron chi connectivity index (χ2n) is 4.01. The summed E-state index contributed by atoms with van der Waals surface area (Å²) in [6, 6.07) is 3.92. The van der Waals surface area contributed by atoms with Crippen molar-refractivity contribution >= 4 is 21.8 Å². The Morgan fingerprint density at radius 3 is 2.89 bits per heavy atom. The quantitative estimate of drug-likeness (QED) is 0.781. The van der Waals surface area contributed by atoms with Gasteiger partial charge in [0.05, 0.1) is 6.54 Å². The number of rotatable bonds is 6. The lowest BCUT2D eigenvalue weighted by Crippen LogP contribution is -2.29. The third-order valence-electron chi connectivity index (χ3n) is 2.42. The largest absolute Gasteiger partial charge is 0.483 e. The molecule has 0 fully saturated rings. The van der Waals surface area contributed by atoms with Crippen LogP contribution in [0.5, 0.6) is 5.75 Å². The highest BCUT2D eigenvalue weighted by Gasteiger charge is 2.10. The summed E-state index contributed by atoms with van der Waals surface area (Å²) in [7, 11) is 1.86. The van der Waals surface area contributed by atoms with E-state index in [1.165, 1.54) is 0 Å². The third kappa shape index (κ3) is 4.93. The molecule has 2 N–H and O–H groups in total. The van der Waals surface area contributed by atoms with Crippen molar-refractivity contribution in [2.24, 2.45) is 0 Å². The molecule has 0 aliphatic rings. The van der Waals surface area contributed by atoms with E-state index in [1.54, 1.807) is 0 Å². The first-order chi connectivity index (χ1) is 9.08. The van der Waals surface area contributed by atoms with Gasteiger partial charge in [0.15, 0.2) is 6.61 Å². The maximum absolute atomic E-state index is 11.5. The van der Waals surface area contributed by atoms with Gasteiger partial charge >= 0.3 is 0 Å². The van der Waals surface area contributed by atoms with Crippen molar-refractivity contribution in [2.75, 3.05) is 20.2 Å². The highest BCUT2D eigenvalue weighted by atomic mass is 79.9. The molecule has 0 heterocycles. The first-order valence-corrected chi connectivity index (χ1v) is 6.64. The zero-order valence-corrected chi connectivity index (χ0v) is 12.6. The normalized spacial score (nSPS) is 9.79. The van der Waals surface area contributed by atoms with Gasteiger partial charge in [0, 0.05) is 16.6 Å². The SMILES string of the molecule is C#CCNC(=O)COc1c(C)cc(Br)cc1CNC. The van der Waals surface area contributed by atoms with E-state index >= 15 is 0 Å².